The van der Waals surface area contributed by atoms with Crippen LogP contribution in [0.3, 0.4) is 0 Å². The van der Waals surface area contributed by atoms with Gasteiger partial charge in [-0.1, -0.05) is 35.9 Å². The Morgan fingerprint density at radius 3 is 2.63 bits per heavy atom. The van der Waals surface area contributed by atoms with Gasteiger partial charge in [0.2, 0.25) is 0 Å². The Morgan fingerprint density at radius 2 is 1.79 bits per heavy atom. The van der Waals surface area contributed by atoms with E-state index in [0.29, 0.717) is 0 Å². The molecule has 3 rings (SSSR count). The third-order valence-corrected chi connectivity index (χ3v) is 4.03. The van der Waals surface area contributed by atoms with Crippen molar-refractivity contribution < 1.29 is 0 Å². The molecule has 2 aromatic carbocycles. The quantitative estimate of drug-likeness (QED) is 0.852. The summed E-state index contributed by atoms with van der Waals surface area (Å²) in [6.45, 7) is 5.21. The number of rotatable bonds is 3. The van der Waals surface area contributed by atoms with E-state index in [1.807, 2.05) is 0 Å². The minimum atomic E-state index is 0.914. The molecule has 0 fully saturated rings. The Labute approximate surface area is 115 Å². The molecule has 2 aromatic rings. The lowest BCUT2D eigenvalue weighted by atomic mass is 10.1. The van der Waals surface area contributed by atoms with Crippen LogP contribution in [0.1, 0.15) is 34.2 Å². The smallest absolute Gasteiger partial charge is 0.0400 e. The largest absolute Gasteiger partial charge is 0.381 e. The van der Waals surface area contributed by atoms with Gasteiger partial charge in [-0.25, -0.2) is 0 Å². The fourth-order valence-corrected chi connectivity index (χ4v) is 2.94. The van der Waals surface area contributed by atoms with E-state index >= 15 is 0 Å². The molecule has 1 aliphatic rings. The van der Waals surface area contributed by atoms with Crippen LogP contribution in [-0.4, -0.2) is 0 Å². The van der Waals surface area contributed by atoms with Crippen LogP contribution in [0, 0.1) is 13.8 Å². The van der Waals surface area contributed by atoms with Crippen LogP contribution < -0.4 is 5.32 Å². The molecular formula is C18H21N. The van der Waals surface area contributed by atoms with Gasteiger partial charge >= 0.3 is 0 Å². The molecule has 1 nitrogen and oxygen atoms in total. The third kappa shape index (κ3) is 2.65. The van der Waals surface area contributed by atoms with Gasteiger partial charge in [0.15, 0.2) is 0 Å². The molecule has 0 aliphatic heterocycles. The molecule has 0 aromatic heterocycles. The minimum absolute atomic E-state index is 0.914. The molecule has 0 amide bonds. The van der Waals surface area contributed by atoms with E-state index in [1.165, 1.54) is 41.6 Å². The van der Waals surface area contributed by atoms with Crippen molar-refractivity contribution in [3.8, 4) is 0 Å². The summed E-state index contributed by atoms with van der Waals surface area (Å²) in [4.78, 5) is 0. The first kappa shape index (κ1) is 12.3. The van der Waals surface area contributed by atoms with Crippen LogP contribution in [0.15, 0.2) is 36.4 Å². The number of fused-ring (bicyclic) bond motifs is 1. The van der Waals surface area contributed by atoms with E-state index in [1.54, 1.807) is 11.1 Å². The lowest BCUT2D eigenvalue weighted by Crippen LogP contribution is -2.01. The van der Waals surface area contributed by atoms with E-state index in [-0.39, 0.29) is 0 Å². The molecule has 98 valence electrons. The monoisotopic (exact) mass is 251 g/mol. The minimum Gasteiger partial charge on any atom is -0.381 e. The lowest BCUT2D eigenvalue weighted by Gasteiger charge is -2.11. The zero-order chi connectivity index (χ0) is 13.2. The summed E-state index contributed by atoms with van der Waals surface area (Å²) in [5, 5.41) is 3.55. The van der Waals surface area contributed by atoms with Gasteiger partial charge in [0, 0.05) is 12.2 Å². The second kappa shape index (κ2) is 5.08. The number of aryl methyl sites for hydroxylation is 4. The van der Waals surface area contributed by atoms with E-state index in [2.05, 4.69) is 55.6 Å². The van der Waals surface area contributed by atoms with Crippen molar-refractivity contribution in [2.45, 2.75) is 39.7 Å². The first-order chi connectivity index (χ1) is 9.22. The summed E-state index contributed by atoms with van der Waals surface area (Å²) in [5.74, 6) is 0. The Kier molecular flexibility index (Phi) is 3.29. The summed E-state index contributed by atoms with van der Waals surface area (Å²) in [6.07, 6.45) is 3.84. The number of hydrogen-bond acceptors (Lipinski definition) is 1. The summed E-state index contributed by atoms with van der Waals surface area (Å²) in [6, 6.07) is 13.5. The van der Waals surface area contributed by atoms with Crippen LogP contribution in [-0.2, 0) is 19.4 Å². The maximum Gasteiger partial charge on any atom is 0.0400 e. The Bertz CT molecular complexity index is 599. The summed E-state index contributed by atoms with van der Waals surface area (Å²) in [7, 11) is 0. The second-order valence-corrected chi connectivity index (χ2v) is 5.63. The maximum atomic E-state index is 3.55. The van der Waals surface area contributed by atoms with Crippen molar-refractivity contribution >= 4 is 5.69 Å². The topological polar surface area (TPSA) is 12.0 Å². The first-order valence-electron chi connectivity index (χ1n) is 7.14. The van der Waals surface area contributed by atoms with Crippen molar-refractivity contribution in [3.05, 3.63) is 64.2 Å². The van der Waals surface area contributed by atoms with Gasteiger partial charge in [-0.3, -0.25) is 0 Å². The molecule has 1 aliphatic carbocycles. The Morgan fingerprint density at radius 1 is 0.947 bits per heavy atom. The van der Waals surface area contributed by atoms with Gasteiger partial charge in [-0.15, -0.1) is 0 Å². The predicted molar refractivity (Wildman–Crippen MR) is 81.7 cm³/mol. The van der Waals surface area contributed by atoms with Gasteiger partial charge in [0.25, 0.3) is 0 Å². The molecule has 0 spiro atoms. The molecule has 19 heavy (non-hydrogen) atoms. The summed E-state index contributed by atoms with van der Waals surface area (Å²) < 4.78 is 0. The highest BCUT2D eigenvalue weighted by Gasteiger charge is 2.10. The number of benzene rings is 2. The fourth-order valence-electron chi connectivity index (χ4n) is 2.94. The van der Waals surface area contributed by atoms with Gasteiger partial charge < -0.3 is 5.32 Å². The highest BCUT2D eigenvalue weighted by Crippen LogP contribution is 2.23. The average molecular weight is 251 g/mol. The van der Waals surface area contributed by atoms with E-state index in [9.17, 15) is 0 Å². The van der Waals surface area contributed by atoms with Gasteiger partial charge in [-0.2, -0.15) is 0 Å². The molecule has 0 atom stereocenters. The lowest BCUT2D eigenvalue weighted by molar-refractivity contribution is 0.911. The summed E-state index contributed by atoms with van der Waals surface area (Å²) >= 11 is 0. The second-order valence-electron chi connectivity index (χ2n) is 5.63. The van der Waals surface area contributed by atoms with Crippen LogP contribution in [0.25, 0.3) is 0 Å². The van der Waals surface area contributed by atoms with Gasteiger partial charge in [0.05, 0.1) is 0 Å². The zero-order valence-electron chi connectivity index (χ0n) is 11.8. The van der Waals surface area contributed by atoms with Crippen LogP contribution >= 0.6 is 0 Å². The zero-order valence-corrected chi connectivity index (χ0v) is 11.8. The van der Waals surface area contributed by atoms with Crippen molar-refractivity contribution in [1.82, 2.24) is 0 Å². The standard InChI is InChI=1S/C18H21N/c1-13-6-9-18(14(2)10-13)19-12-15-7-8-16-4-3-5-17(16)11-15/h6-11,19H,3-5,12H2,1-2H3. The van der Waals surface area contributed by atoms with Gasteiger partial charge in [0.1, 0.15) is 0 Å². The van der Waals surface area contributed by atoms with Crippen molar-refractivity contribution in [2.24, 2.45) is 0 Å². The number of hydrogen-bond donors (Lipinski definition) is 1. The predicted octanol–water partition coefficient (Wildman–Crippen LogP) is 4.40. The Balaban J connectivity index is 1.72. The average Bonchev–Trinajstić information content (AvgIpc) is 2.85. The molecule has 0 unspecified atom stereocenters. The molecule has 1 N–H and O–H groups in total. The van der Waals surface area contributed by atoms with Gasteiger partial charge in [-0.05, 0) is 61.4 Å². The normalized spacial score (nSPS) is 13.4. The van der Waals surface area contributed by atoms with Crippen LogP contribution in [0.2, 0.25) is 0 Å². The molecule has 1 heteroatoms. The molecule has 0 saturated heterocycles. The molecule has 0 radical (unpaired) electrons. The molecule has 0 heterocycles. The van der Waals surface area contributed by atoms with Crippen molar-refractivity contribution in [1.29, 1.82) is 0 Å². The highest BCUT2D eigenvalue weighted by atomic mass is 14.9. The van der Waals surface area contributed by atoms with E-state index in [4.69, 9.17) is 0 Å². The molecule has 0 saturated carbocycles. The number of nitrogens with one attached hydrogen (secondary N) is 1. The Hall–Kier alpha value is -1.76. The van der Waals surface area contributed by atoms with Crippen LogP contribution in [0.5, 0.6) is 0 Å². The first-order valence-corrected chi connectivity index (χ1v) is 7.14. The molecular weight excluding hydrogens is 230 g/mol. The SMILES string of the molecule is Cc1ccc(NCc2ccc3c(c2)CCC3)c(C)c1. The highest BCUT2D eigenvalue weighted by molar-refractivity contribution is 5.52. The fraction of sp³-hybridized carbons (Fsp3) is 0.333. The summed E-state index contributed by atoms with van der Waals surface area (Å²) in [5.41, 5.74) is 8.38. The van der Waals surface area contributed by atoms with Crippen molar-refractivity contribution in [2.75, 3.05) is 5.32 Å². The maximum absolute atomic E-state index is 3.55. The van der Waals surface area contributed by atoms with Crippen molar-refractivity contribution in [3.63, 3.8) is 0 Å². The third-order valence-electron chi connectivity index (χ3n) is 4.03. The van der Waals surface area contributed by atoms with E-state index < -0.39 is 0 Å². The van der Waals surface area contributed by atoms with Crippen LogP contribution in [0.4, 0.5) is 5.69 Å². The van der Waals surface area contributed by atoms with E-state index in [0.717, 1.165) is 6.54 Å². The number of anilines is 1. The molecule has 0 bridgehead atoms.